The van der Waals surface area contributed by atoms with Crippen molar-refractivity contribution in [2.45, 2.75) is 38.4 Å². The number of nitrogens with two attached hydrogens (primary N) is 1. The number of rotatable bonds is 5. The standard InChI is InChI=1S/C14H27N5/c1-4-6-19-7-5-16-14(19)10-12(15)13-11-17(2)8-9-18(13)3/h5,7,12-13H,4,6,8-11,15H2,1-3H3. The highest BCUT2D eigenvalue weighted by Gasteiger charge is 2.28. The van der Waals surface area contributed by atoms with Gasteiger partial charge in [-0.3, -0.25) is 4.90 Å². The first-order valence-corrected chi connectivity index (χ1v) is 7.26. The number of hydrogen-bond acceptors (Lipinski definition) is 4. The van der Waals surface area contributed by atoms with Gasteiger partial charge in [-0.15, -0.1) is 0 Å². The summed E-state index contributed by atoms with van der Waals surface area (Å²) in [5.41, 5.74) is 6.44. The molecule has 1 saturated heterocycles. The lowest BCUT2D eigenvalue weighted by molar-refractivity contribution is 0.0967. The lowest BCUT2D eigenvalue weighted by Crippen LogP contribution is -2.58. The zero-order valence-corrected chi connectivity index (χ0v) is 12.4. The van der Waals surface area contributed by atoms with Crippen molar-refractivity contribution in [3.63, 3.8) is 0 Å². The van der Waals surface area contributed by atoms with E-state index in [1.54, 1.807) is 0 Å². The Kier molecular flexibility index (Phi) is 4.96. The fraction of sp³-hybridized carbons (Fsp3) is 0.786. The highest BCUT2D eigenvalue weighted by Crippen LogP contribution is 2.12. The van der Waals surface area contributed by atoms with Crippen molar-refractivity contribution in [3.05, 3.63) is 18.2 Å². The average molecular weight is 265 g/mol. The van der Waals surface area contributed by atoms with Crippen LogP contribution in [0.25, 0.3) is 0 Å². The van der Waals surface area contributed by atoms with Crippen LogP contribution in [0.5, 0.6) is 0 Å². The zero-order chi connectivity index (χ0) is 13.8. The largest absolute Gasteiger partial charge is 0.335 e. The zero-order valence-electron chi connectivity index (χ0n) is 12.4. The Bertz CT molecular complexity index is 389. The van der Waals surface area contributed by atoms with Crippen LogP contribution >= 0.6 is 0 Å². The van der Waals surface area contributed by atoms with Crippen molar-refractivity contribution < 1.29 is 0 Å². The van der Waals surface area contributed by atoms with E-state index in [1.807, 2.05) is 6.20 Å². The third-order valence-corrected chi connectivity index (χ3v) is 4.08. The Hall–Kier alpha value is -0.910. The number of imidazole rings is 1. The molecule has 19 heavy (non-hydrogen) atoms. The molecule has 2 unspecified atom stereocenters. The van der Waals surface area contributed by atoms with E-state index in [9.17, 15) is 0 Å². The van der Waals surface area contributed by atoms with Crippen molar-refractivity contribution >= 4 is 0 Å². The summed E-state index contributed by atoms with van der Waals surface area (Å²) in [5, 5.41) is 0. The molecule has 2 atom stereocenters. The van der Waals surface area contributed by atoms with Crippen LogP contribution < -0.4 is 5.73 Å². The topological polar surface area (TPSA) is 50.3 Å². The van der Waals surface area contributed by atoms with Crippen molar-refractivity contribution in [3.8, 4) is 0 Å². The van der Waals surface area contributed by atoms with Crippen molar-refractivity contribution in [2.75, 3.05) is 33.7 Å². The van der Waals surface area contributed by atoms with Gasteiger partial charge < -0.3 is 15.2 Å². The highest BCUT2D eigenvalue weighted by molar-refractivity contribution is 4.99. The summed E-state index contributed by atoms with van der Waals surface area (Å²) in [7, 11) is 4.35. The van der Waals surface area contributed by atoms with Gasteiger partial charge in [0.15, 0.2) is 0 Å². The van der Waals surface area contributed by atoms with Crippen LogP contribution in [0, 0.1) is 0 Å². The van der Waals surface area contributed by atoms with E-state index in [2.05, 4.69) is 46.6 Å². The van der Waals surface area contributed by atoms with Crippen molar-refractivity contribution in [2.24, 2.45) is 5.73 Å². The summed E-state index contributed by atoms with van der Waals surface area (Å²) in [4.78, 5) is 9.22. The smallest absolute Gasteiger partial charge is 0.110 e. The molecule has 0 amide bonds. The molecule has 2 N–H and O–H groups in total. The van der Waals surface area contributed by atoms with Gasteiger partial charge in [-0.1, -0.05) is 6.92 Å². The van der Waals surface area contributed by atoms with Gasteiger partial charge >= 0.3 is 0 Å². The first kappa shape index (κ1) is 14.5. The predicted octanol–water partition coefficient (Wildman–Crippen LogP) is 0.409. The number of aromatic nitrogens is 2. The molecule has 1 fully saturated rings. The Morgan fingerprint density at radius 3 is 2.95 bits per heavy atom. The van der Waals surface area contributed by atoms with Gasteiger partial charge in [0, 0.05) is 57.1 Å². The molecule has 5 nitrogen and oxygen atoms in total. The van der Waals surface area contributed by atoms with Crippen LogP contribution in [0.15, 0.2) is 12.4 Å². The van der Waals surface area contributed by atoms with E-state index in [1.165, 1.54) is 0 Å². The average Bonchev–Trinajstić information content (AvgIpc) is 2.80. The number of piperazine rings is 1. The molecular formula is C14H27N5. The Balaban J connectivity index is 1.99. The second-order valence-corrected chi connectivity index (χ2v) is 5.72. The molecule has 0 aliphatic carbocycles. The Morgan fingerprint density at radius 2 is 2.21 bits per heavy atom. The highest BCUT2D eigenvalue weighted by atomic mass is 15.3. The number of likely N-dealkylation sites (N-methyl/N-ethyl adjacent to an activating group) is 2. The third kappa shape index (κ3) is 3.55. The molecular weight excluding hydrogens is 238 g/mol. The number of hydrogen-bond donors (Lipinski definition) is 1. The number of aryl methyl sites for hydroxylation is 1. The molecule has 0 aromatic carbocycles. The first-order valence-electron chi connectivity index (χ1n) is 7.26. The summed E-state index contributed by atoms with van der Waals surface area (Å²) >= 11 is 0. The molecule has 0 radical (unpaired) electrons. The Morgan fingerprint density at radius 1 is 1.42 bits per heavy atom. The van der Waals surface area contributed by atoms with Gasteiger partial charge in [0.2, 0.25) is 0 Å². The summed E-state index contributed by atoms with van der Waals surface area (Å²) in [6.07, 6.45) is 5.93. The van der Waals surface area contributed by atoms with Crippen LogP contribution in [-0.4, -0.2) is 65.2 Å². The van der Waals surface area contributed by atoms with E-state index in [4.69, 9.17) is 5.73 Å². The van der Waals surface area contributed by atoms with E-state index in [0.29, 0.717) is 6.04 Å². The fourth-order valence-electron chi connectivity index (χ4n) is 2.83. The van der Waals surface area contributed by atoms with Crippen LogP contribution in [0.2, 0.25) is 0 Å². The van der Waals surface area contributed by atoms with Crippen LogP contribution in [0.1, 0.15) is 19.2 Å². The predicted molar refractivity (Wildman–Crippen MR) is 78.1 cm³/mol. The van der Waals surface area contributed by atoms with Gasteiger partial charge in [-0.2, -0.15) is 0 Å². The Labute approximate surface area is 116 Å². The monoisotopic (exact) mass is 265 g/mol. The maximum atomic E-state index is 6.44. The summed E-state index contributed by atoms with van der Waals surface area (Å²) < 4.78 is 2.23. The lowest BCUT2D eigenvalue weighted by atomic mass is 10.0. The second-order valence-electron chi connectivity index (χ2n) is 5.72. The molecule has 0 bridgehead atoms. The minimum absolute atomic E-state index is 0.144. The van der Waals surface area contributed by atoms with E-state index >= 15 is 0 Å². The van der Waals surface area contributed by atoms with Gasteiger partial charge in [-0.25, -0.2) is 4.98 Å². The van der Waals surface area contributed by atoms with Gasteiger partial charge in [0.1, 0.15) is 5.82 Å². The van der Waals surface area contributed by atoms with Gasteiger partial charge in [0.05, 0.1) is 0 Å². The lowest BCUT2D eigenvalue weighted by Gasteiger charge is -2.40. The quantitative estimate of drug-likeness (QED) is 0.838. The fourth-order valence-corrected chi connectivity index (χ4v) is 2.83. The molecule has 1 aromatic rings. The minimum atomic E-state index is 0.144. The molecule has 108 valence electrons. The molecule has 2 heterocycles. The summed E-state index contributed by atoms with van der Waals surface area (Å²) in [5.74, 6) is 1.12. The minimum Gasteiger partial charge on any atom is -0.335 e. The third-order valence-electron chi connectivity index (χ3n) is 4.08. The molecule has 1 aromatic heterocycles. The molecule has 0 saturated carbocycles. The van der Waals surface area contributed by atoms with E-state index in [-0.39, 0.29) is 6.04 Å². The SMILES string of the molecule is CCCn1ccnc1CC(N)C1CN(C)CCN1C. The maximum absolute atomic E-state index is 6.44. The van der Waals surface area contributed by atoms with Crippen LogP contribution in [0.4, 0.5) is 0 Å². The van der Waals surface area contributed by atoms with Gasteiger partial charge in [0.25, 0.3) is 0 Å². The maximum Gasteiger partial charge on any atom is 0.110 e. The van der Waals surface area contributed by atoms with Crippen molar-refractivity contribution in [1.29, 1.82) is 0 Å². The second kappa shape index (κ2) is 6.50. The van der Waals surface area contributed by atoms with Gasteiger partial charge in [-0.05, 0) is 20.5 Å². The van der Waals surface area contributed by atoms with Crippen LogP contribution in [-0.2, 0) is 13.0 Å². The summed E-state index contributed by atoms with van der Waals surface area (Å²) in [6, 6.07) is 0.566. The molecule has 1 aliphatic rings. The normalized spacial score (nSPS) is 23.7. The molecule has 5 heteroatoms. The molecule has 1 aliphatic heterocycles. The molecule has 2 rings (SSSR count). The molecule has 0 spiro atoms. The van der Waals surface area contributed by atoms with E-state index < -0.39 is 0 Å². The van der Waals surface area contributed by atoms with E-state index in [0.717, 1.165) is 44.8 Å². The van der Waals surface area contributed by atoms with Crippen molar-refractivity contribution in [1.82, 2.24) is 19.4 Å². The number of nitrogens with zero attached hydrogens (tertiary/aromatic N) is 4. The summed E-state index contributed by atoms with van der Waals surface area (Å²) in [6.45, 7) is 6.49. The first-order chi connectivity index (χ1) is 9.11. The van der Waals surface area contributed by atoms with Crippen LogP contribution in [0.3, 0.4) is 0 Å².